The first-order chi connectivity index (χ1) is 10.6. The summed E-state index contributed by atoms with van der Waals surface area (Å²) in [6, 6.07) is 7.45. The van der Waals surface area contributed by atoms with E-state index in [9.17, 15) is 9.59 Å². The van der Waals surface area contributed by atoms with Gasteiger partial charge in [-0.1, -0.05) is 25.1 Å². The summed E-state index contributed by atoms with van der Waals surface area (Å²) in [5.41, 5.74) is 1.98. The summed E-state index contributed by atoms with van der Waals surface area (Å²) < 4.78 is 0. The molecule has 1 aromatic rings. The zero-order valence-electron chi connectivity index (χ0n) is 13.3. The number of rotatable bonds is 2. The average molecular weight is 301 g/mol. The molecule has 0 aromatic heterocycles. The van der Waals surface area contributed by atoms with Crippen molar-refractivity contribution in [2.45, 2.75) is 26.3 Å². The highest BCUT2D eigenvalue weighted by atomic mass is 16.2. The van der Waals surface area contributed by atoms with Gasteiger partial charge in [0.15, 0.2) is 0 Å². The fraction of sp³-hybridized carbons (Fsp3) is 0.529. The Kier molecular flexibility index (Phi) is 4.16. The van der Waals surface area contributed by atoms with Crippen LogP contribution in [-0.2, 0) is 16.0 Å². The fourth-order valence-electron chi connectivity index (χ4n) is 3.47. The van der Waals surface area contributed by atoms with Crippen LogP contribution in [0.25, 0.3) is 0 Å². The van der Waals surface area contributed by atoms with E-state index in [4.69, 9.17) is 0 Å². The third kappa shape index (κ3) is 2.61. The third-order valence-electron chi connectivity index (χ3n) is 4.73. The summed E-state index contributed by atoms with van der Waals surface area (Å²) in [4.78, 5) is 30.9. The minimum absolute atomic E-state index is 0.0597. The molecule has 5 heteroatoms. The largest absolute Gasteiger partial charge is 0.338 e. The maximum Gasteiger partial charge on any atom is 0.246 e. The van der Waals surface area contributed by atoms with Crippen molar-refractivity contribution in [3.8, 4) is 0 Å². The Morgan fingerprint density at radius 2 is 1.82 bits per heavy atom. The predicted molar refractivity (Wildman–Crippen MR) is 85.8 cm³/mol. The number of hydrogen-bond donors (Lipinski definition) is 0. The molecular formula is C17H23N3O2. The quantitative estimate of drug-likeness (QED) is 0.822. The molecule has 5 nitrogen and oxygen atoms in total. The zero-order chi connectivity index (χ0) is 15.7. The molecule has 2 aliphatic heterocycles. The Labute approximate surface area is 131 Å². The lowest BCUT2D eigenvalue weighted by Gasteiger charge is -2.36. The first kappa shape index (κ1) is 15.0. The molecule has 0 radical (unpaired) electrons. The number of carbonyl (C=O) groups excluding carboxylic acids is 2. The summed E-state index contributed by atoms with van der Waals surface area (Å²) in [7, 11) is 0. The van der Waals surface area contributed by atoms with Crippen LogP contribution in [0.2, 0.25) is 0 Å². The standard InChI is InChI=1S/C17H23N3O2/c1-3-18-8-10-19(11-9-18)17(22)16-12-14-6-4-5-7-15(14)20(16)13(2)21/h4-7,16H,3,8-12H2,1-2H3. The van der Waals surface area contributed by atoms with Crippen molar-refractivity contribution in [1.29, 1.82) is 0 Å². The smallest absolute Gasteiger partial charge is 0.246 e. The van der Waals surface area contributed by atoms with Crippen LogP contribution in [0.4, 0.5) is 5.69 Å². The van der Waals surface area contributed by atoms with Crippen molar-refractivity contribution in [2.75, 3.05) is 37.6 Å². The number of amides is 2. The minimum atomic E-state index is -0.372. The summed E-state index contributed by atoms with van der Waals surface area (Å²) in [6.07, 6.45) is 0.628. The maximum atomic E-state index is 12.9. The Balaban J connectivity index is 1.77. The lowest BCUT2D eigenvalue weighted by molar-refractivity contribution is -0.135. The molecule has 1 saturated heterocycles. The first-order valence-electron chi connectivity index (χ1n) is 8.00. The van der Waals surface area contributed by atoms with Crippen LogP contribution < -0.4 is 4.90 Å². The fourth-order valence-corrected chi connectivity index (χ4v) is 3.47. The highest BCUT2D eigenvalue weighted by molar-refractivity contribution is 6.02. The van der Waals surface area contributed by atoms with E-state index in [-0.39, 0.29) is 17.9 Å². The Bertz CT molecular complexity index is 579. The van der Waals surface area contributed by atoms with Crippen LogP contribution in [0.5, 0.6) is 0 Å². The molecule has 1 fully saturated rings. The van der Waals surface area contributed by atoms with Crippen LogP contribution in [-0.4, -0.2) is 60.4 Å². The normalized spacial score (nSPS) is 21.8. The lowest BCUT2D eigenvalue weighted by Crippen LogP contribution is -2.55. The van der Waals surface area contributed by atoms with Gasteiger partial charge in [-0.3, -0.25) is 14.5 Å². The van der Waals surface area contributed by atoms with Crippen LogP contribution in [0, 0.1) is 0 Å². The van der Waals surface area contributed by atoms with E-state index in [1.165, 1.54) is 6.92 Å². The lowest BCUT2D eigenvalue weighted by atomic mass is 10.1. The second-order valence-electron chi connectivity index (χ2n) is 6.00. The Morgan fingerprint density at radius 3 is 2.45 bits per heavy atom. The average Bonchev–Trinajstić information content (AvgIpc) is 2.94. The highest BCUT2D eigenvalue weighted by Crippen LogP contribution is 2.33. The van der Waals surface area contributed by atoms with Gasteiger partial charge in [-0.05, 0) is 18.2 Å². The number of piperazine rings is 1. The number of hydrogen-bond acceptors (Lipinski definition) is 3. The van der Waals surface area contributed by atoms with Gasteiger partial charge < -0.3 is 9.80 Å². The Morgan fingerprint density at radius 1 is 1.14 bits per heavy atom. The second kappa shape index (κ2) is 6.08. The molecule has 118 valence electrons. The summed E-state index contributed by atoms with van der Waals surface area (Å²) >= 11 is 0. The van der Waals surface area contributed by atoms with Crippen molar-refractivity contribution in [1.82, 2.24) is 9.80 Å². The van der Waals surface area contributed by atoms with E-state index in [2.05, 4.69) is 11.8 Å². The van der Waals surface area contributed by atoms with Crippen LogP contribution >= 0.6 is 0 Å². The molecule has 1 unspecified atom stereocenters. The second-order valence-corrected chi connectivity index (χ2v) is 6.00. The third-order valence-corrected chi connectivity index (χ3v) is 4.73. The molecule has 22 heavy (non-hydrogen) atoms. The van der Waals surface area contributed by atoms with Crippen LogP contribution in [0.15, 0.2) is 24.3 Å². The van der Waals surface area contributed by atoms with Gasteiger partial charge in [-0.15, -0.1) is 0 Å². The number of benzene rings is 1. The van der Waals surface area contributed by atoms with Crippen molar-refractivity contribution in [2.24, 2.45) is 0 Å². The first-order valence-corrected chi connectivity index (χ1v) is 8.00. The van der Waals surface area contributed by atoms with Crippen molar-refractivity contribution in [3.05, 3.63) is 29.8 Å². The highest BCUT2D eigenvalue weighted by Gasteiger charge is 2.39. The number of fused-ring (bicyclic) bond motifs is 1. The molecule has 0 saturated carbocycles. The van der Waals surface area contributed by atoms with Crippen LogP contribution in [0.1, 0.15) is 19.4 Å². The molecule has 2 aliphatic rings. The number of para-hydroxylation sites is 1. The van der Waals surface area contributed by atoms with E-state index < -0.39 is 0 Å². The van der Waals surface area contributed by atoms with Gasteiger partial charge in [0, 0.05) is 45.2 Å². The predicted octanol–water partition coefficient (Wildman–Crippen LogP) is 1.13. The monoisotopic (exact) mass is 301 g/mol. The van der Waals surface area contributed by atoms with Crippen molar-refractivity contribution >= 4 is 17.5 Å². The van der Waals surface area contributed by atoms with Gasteiger partial charge >= 0.3 is 0 Å². The summed E-state index contributed by atoms with van der Waals surface area (Å²) in [6.45, 7) is 8.05. The molecule has 2 amide bonds. The molecular weight excluding hydrogens is 278 g/mol. The van der Waals surface area contributed by atoms with E-state index in [1.807, 2.05) is 29.2 Å². The number of nitrogens with zero attached hydrogens (tertiary/aromatic N) is 3. The van der Waals surface area contributed by atoms with E-state index in [0.29, 0.717) is 6.42 Å². The minimum Gasteiger partial charge on any atom is -0.338 e. The molecule has 3 rings (SSSR count). The van der Waals surface area contributed by atoms with Gasteiger partial charge in [-0.2, -0.15) is 0 Å². The van der Waals surface area contributed by atoms with Gasteiger partial charge in [0.05, 0.1) is 0 Å². The van der Waals surface area contributed by atoms with Crippen LogP contribution in [0.3, 0.4) is 0 Å². The number of carbonyl (C=O) groups is 2. The maximum absolute atomic E-state index is 12.9. The topological polar surface area (TPSA) is 43.9 Å². The van der Waals surface area contributed by atoms with E-state index in [0.717, 1.165) is 44.0 Å². The summed E-state index contributed by atoms with van der Waals surface area (Å²) in [5, 5.41) is 0. The van der Waals surface area contributed by atoms with Crippen molar-refractivity contribution < 1.29 is 9.59 Å². The molecule has 0 bridgehead atoms. The number of anilines is 1. The van der Waals surface area contributed by atoms with E-state index >= 15 is 0 Å². The molecule has 0 spiro atoms. The van der Waals surface area contributed by atoms with Crippen molar-refractivity contribution in [3.63, 3.8) is 0 Å². The molecule has 1 aromatic carbocycles. The molecule has 0 aliphatic carbocycles. The summed E-state index contributed by atoms with van der Waals surface area (Å²) in [5.74, 6) is 0.0256. The molecule has 2 heterocycles. The molecule has 1 atom stereocenters. The van der Waals surface area contributed by atoms with Gasteiger partial charge in [-0.25, -0.2) is 0 Å². The van der Waals surface area contributed by atoms with Gasteiger partial charge in [0.25, 0.3) is 0 Å². The van der Waals surface area contributed by atoms with Gasteiger partial charge in [0.2, 0.25) is 11.8 Å². The molecule has 0 N–H and O–H groups in total. The zero-order valence-corrected chi connectivity index (χ0v) is 13.3. The SMILES string of the molecule is CCN1CCN(C(=O)C2Cc3ccccc3N2C(C)=O)CC1. The number of likely N-dealkylation sites (N-methyl/N-ethyl adjacent to an activating group) is 1. The Hall–Kier alpha value is -1.88. The van der Waals surface area contributed by atoms with E-state index in [1.54, 1.807) is 4.90 Å². The van der Waals surface area contributed by atoms with Gasteiger partial charge in [0.1, 0.15) is 6.04 Å².